The minimum atomic E-state index is -0.208. The summed E-state index contributed by atoms with van der Waals surface area (Å²) in [7, 11) is 0. The van der Waals surface area contributed by atoms with Crippen LogP contribution in [0.1, 0.15) is 23.2 Å². The number of aromatic nitrogens is 3. The summed E-state index contributed by atoms with van der Waals surface area (Å²) in [6.45, 7) is 2.48. The number of furan rings is 1. The molecule has 0 saturated carbocycles. The Hall–Kier alpha value is -1.76. The maximum Gasteiger partial charge on any atom is 0.287 e. The molecule has 0 fully saturated rings. The van der Waals surface area contributed by atoms with Crippen molar-refractivity contribution >= 4 is 17.7 Å². The highest BCUT2D eigenvalue weighted by Crippen LogP contribution is 2.13. The Kier molecular flexibility index (Phi) is 4.62. The van der Waals surface area contributed by atoms with Crippen molar-refractivity contribution in [1.82, 2.24) is 20.1 Å². The number of rotatable bonds is 6. The molecule has 0 unspecified atom stereocenters. The molecule has 0 aromatic carbocycles. The molecular weight excluding hydrogens is 264 g/mol. The van der Waals surface area contributed by atoms with Crippen LogP contribution in [0.3, 0.4) is 0 Å². The van der Waals surface area contributed by atoms with E-state index in [-0.39, 0.29) is 11.9 Å². The molecule has 1 atom stereocenters. The lowest BCUT2D eigenvalue weighted by molar-refractivity contribution is 0.0906. The SMILES string of the molecule is CSCc1ccc(C(=O)N[C@@H](C)Cn2cncn2)o1. The van der Waals surface area contributed by atoms with E-state index in [1.165, 1.54) is 6.33 Å². The van der Waals surface area contributed by atoms with E-state index in [0.29, 0.717) is 12.3 Å². The summed E-state index contributed by atoms with van der Waals surface area (Å²) in [6.07, 6.45) is 5.07. The quantitative estimate of drug-likeness (QED) is 0.869. The van der Waals surface area contributed by atoms with Crippen molar-refractivity contribution in [1.29, 1.82) is 0 Å². The Morgan fingerprint density at radius 3 is 3.11 bits per heavy atom. The molecule has 2 aromatic heterocycles. The van der Waals surface area contributed by atoms with Crippen LogP contribution in [0.5, 0.6) is 0 Å². The molecule has 0 spiro atoms. The van der Waals surface area contributed by atoms with Crippen LogP contribution in [-0.4, -0.2) is 33.0 Å². The number of carbonyl (C=O) groups excluding carboxylic acids is 1. The van der Waals surface area contributed by atoms with Crippen molar-refractivity contribution in [2.45, 2.75) is 25.3 Å². The second-order valence-electron chi connectivity index (χ2n) is 4.19. The van der Waals surface area contributed by atoms with Crippen molar-refractivity contribution < 1.29 is 9.21 Å². The standard InChI is InChI=1S/C12H16N4O2S/c1-9(5-16-8-13-7-14-16)15-12(17)11-4-3-10(18-11)6-19-2/h3-4,7-9H,5-6H2,1-2H3,(H,15,17)/t9-/m0/s1. The third-order valence-corrected chi connectivity index (χ3v) is 3.05. The van der Waals surface area contributed by atoms with Gasteiger partial charge in [-0.2, -0.15) is 16.9 Å². The van der Waals surface area contributed by atoms with E-state index in [0.717, 1.165) is 11.5 Å². The van der Waals surface area contributed by atoms with Gasteiger partial charge in [0, 0.05) is 6.04 Å². The zero-order chi connectivity index (χ0) is 13.7. The highest BCUT2D eigenvalue weighted by Gasteiger charge is 2.14. The first-order chi connectivity index (χ1) is 9.19. The topological polar surface area (TPSA) is 73.0 Å². The normalized spacial score (nSPS) is 12.3. The van der Waals surface area contributed by atoms with Crippen LogP contribution in [0, 0.1) is 0 Å². The van der Waals surface area contributed by atoms with Crippen molar-refractivity contribution in [3.8, 4) is 0 Å². The van der Waals surface area contributed by atoms with Crippen LogP contribution in [-0.2, 0) is 12.3 Å². The molecular formula is C12H16N4O2S. The lowest BCUT2D eigenvalue weighted by Crippen LogP contribution is -2.35. The average molecular weight is 280 g/mol. The van der Waals surface area contributed by atoms with Gasteiger partial charge in [-0.1, -0.05) is 0 Å². The molecule has 0 aliphatic rings. The molecule has 2 heterocycles. The summed E-state index contributed by atoms with van der Waals surface area (Å²) >= 11 is 1.65. The molecule has 0 aliphatic heterocycles. The van der Waals surface area contributed by atoms with Gasteiger partial charge in [0.15, 0.2) is 5.76 Å². The van der Waals surface area contributed by atoms with E-state index < -0.39 is 0 Å². The smallest absolute Gasteiger partial charge is 0.287 e. The first-order valence-corrected chi connectivity index (χ1v) is 7.29. The summed E-state index contributed by atoms with van der Waals surface area (Å²) in [5, 5.41) is 6.85. The van der Waals surface area contributed by atoms with Crippen LogP contribution in [0.15, 0.2) is 29.2 Å². The summed E-state index contributed by atoms with van der Waals surface area (Å²) in [6, 6.07) is 3.47. The number of hydrogen-bond acceptors (Lipinski definition) is 5. The highest BCUT2D eigenvalue weighted by atomic mass is 32.2. The Balaban J connectivity index is 1.88. The Morgan fingerprint density at radius 2 is 2.42 bits per heavy atom. The molecule has 0 saturated heterocycles. The average Bonchev–Trinajstić information content (AvgIpc) is 3.00. The van der Waals surface area contributed by atoms with E-state index in [9.17, 15) is 4.79 Å². The minimum Gasteiger partial charge on any atom is -0.455 e. The lowest BCUT2D eigenvalue weighted by atomic mass is 10.3. The van der Waals surface area contributed by atoms with E-state index >= 15 is 0 Å². The third-order valence-electron chi connectivity index (χ3n) is 2.48. The molecule has 0 radical (unpaired) electrons. The largest absolute Gasteiger partial charge is 0.455 e. The maximum absolute atomic E-state index is 11.9. The van der Waals surface area contributed by atoms with Gasteiger partial charge in [0.05, 0.1) is 12.3 Å². The van der Waals surface area contributed by atoms with Crippen LogP contribution in [0.25, 0.3) is 0 Å². The minimum absolute atomic E-state index is 0.0525. The first-order valence-electron chi connectivity index (χ1n) is 5.90. The number of amides is 1. The van der Waals surface area contributed by atoms with E-state index in [1.54, 1.807) is 28.8 Å². The lowest BCUT2D eigenvalue weighted by Gasteiger charge is -2.12. The fraction of sp³-hybridized carbons (Fsp3) is 0.417. The number of thioether (sulfide) groups is 1. The number of hydrogen-bond donors (Lipinski definition) is 1. The van der Waals surface area contributed by atoms with Crippen molar-refractivity contribution in [3.05, 3.63) is 36.3 Å². The predicted molar refractivity (Wildman–Crippen MR) is 72.9 cm³/mol. The third kappa shape index (κ3) is 3.85. The van der Waals surface area contributed by atoms with Crippen LogP contribution >= 0.6 is 11.8 Å². The summed E-state index contributed by atoms with van der Waals surface area (Å²) in [5.41, 5.74) is 0. The van der Waals surface area contributed by atoms with E-state index in [4.69, 9.17) is 4.42 Å². The number of nitrogens with zero attached hydrogens (tertiary/aromatic N) is 3. The van der Waals surface area contributed by atoms with Gasteiger partial charge in [-0.3, -0.25) is 9.48 Å². The molecule has 6 nitrogen and oxygen atoms in total. The molecule has 102 valence electrons. The molecule has 7 heteroatoms. The van der Waals surface area contributed by atoms with Crippen LogP contribution in [0.4, 0.5) is 0 Å². The zero-order valence-electron chi connectivity index (χ0n) is 10.9. The Bertz CT molecular complexity index is 524. The maximum atomic E-state index is 11.9. The Morgan fingerprint density at radius 1 is 1.58 bits per heavy atom. The van der Waals surface area contributed by atoms with Crippen LogP contribution in [0.2, 0.25) is 0 Å². The fourth-order valence-electron chi connectivity index (χ4n) is 1.67. The summed E-state index contributed by atoms with van der Waals surface area (Å²) in [4.78, 5) is 15.8. The monoisotopic (exact) mass is 280 g/mol. The molecule has 2 aromatic rings. The zero-order valence-corrected chi connectivity index (χ0v) is 11.7. The van der Waals surface area contributed by atoms with E-state index in [1.807, 2.05) is 19.2 Å². The molecule has 0 bridgehead atoms. The molecule has 2 rings (SSSR count). The summed E-state index contributed by atoms with van der Waals surface area (Å²) < 4.78 is 7.13. The van der Waals surface area contributed by atoms with Gasteiger partial charge in [-0.05, 0) is 25.3 Å². The number of nitrogens with one attached hydrogen (secondary N) is 1. The fourth-order valence-corrected chi connectivity index (χ4v) is 2.11. The van der Waals surface area contributed by atoms with Crippen molar-refractivity contribution in [2.24, 2.45) is 0 Å². The van der Waals surface area contributed by atoms with Gasteiger partial charge in [0.2, 0.25) is 0 Å². The van der Waals surface area contributed by atoms with E-state index in [2.05, 4.69) is 15.4 Å². The van der Waals surface area contributed by atoms with Gasteiger partial charge in [0.1, 0.15) is 18.4 Å². The predicted octanol–water partition coefficient (Wildman–Crippen LogP) is 1.55. The van der Waals surface area contributed by atoms with Gasteiger partial charge >= 0.3 is 0 Å². The molecule has 19 heavy (non-hydrogen) atoms. The first kappa shape index (κ1) is 13.7. The number of carbonyl (C=O) groups is 1. The molecule has 1 amide bonds. The molecule has 1 N–H and O–H groups in total. The van der Waals surface area contributed by atoms with Gasteiger partial charge in [-0.25, -0.2) is 4.98 Å². The van der Waals surface area contributed by atoms with Gasteiger partial charge < -0.3 is 9.73 Å². The second-order valence-corrected chi connectivity index (χ2v) is 5.06. The van der Waals surface area contributed by atoms with Gasteiger partial charge in [0.25, 0.3) is 5.91 Å². The summed E-state index contributed by atoms with van der Waals surface area (Å²) in [5.74, 6) is 1.71. The Labute approximate surface area is 115 Å². The molecule has 0 aliphatic carbocycles. The van der Waals surface area contributed by atoms with Crippen molar-refractivity contribution in [2.75, 3.05) is 6.26 Å². The second kappa shape index (κ2) is 6.42. The highest BCUT2D eigenvalue weighted by molar-refractivity contribution is 7.97. The van der Waals surface area contributed by atoms with Crippen molar-refractivity contribution in [3.63, 3.8) is 0 Å². The van der Waals surface area contributed by atoms with Gasteiger partial charge in [-0.15, -0.1) is 0 Å². The van der Waals surface area contributed by atoms with Crippen LogP contribution < -0.4 is 5.32 Å².